The second-order valence-electron chi connectivity index (χ2n) is 4.15. The van der Waals surface area contributed by atoms with E-state index in [2.05, 4.69) is 4.90 Å². The van der Waals surface area contributed by atoms with Gasteiger partial charge in [0.2, 0.25) is 0 Å². The zero-order valence-electron chi connectivity index (χ0n) is 8.69. The van der Waals surface area contributed by atoms with Crippen molar-refractivity contribution in [1.82, 2.24) is 4.90 Å². The number of hydrogen-bond acceptors (Lipinski definition) is 3. The van der Waals surface area contributed by atoms with Crippen molar-refractivity contribution >= 4 is 11.8 Å². The lowest BCUT2D eigenvalue weighted by atomic mass is 9.91. The fourth-order valence-electron chi connectivity index (χ4n) is 1.93. The first-order chi connectivity index (χ1) is 6.50. The standard InChI is InChI=1S/C10H17NO3/c1-7(5-9(12)13)10(14)8-3-4-11(2)6-8/h7-8H,3-6H2,1-2H3,(H,12,13). The average molecular weight is 199 g/mol. The van der Waals surface area contributed by atoms with Crippen LogP contribution in [0.1, 0.15) is 19.8 Å². The van der Waals surface area contributed by atoms with Crippen LogP contribution < -0.4 is 0 Å². The lowest BCUT2D eigenvalue weighted by Crippen LogP contribution is -2.26. The van der Waals surface area contributed by atoms with E-state index in [0.717, 1.165) is 19.5 Å². The number of rotatable bonds is 4. The molecule has 2 atom stereocenters. The van der Waals surface area contributed by atoms with Gasteiger partial charge in [0, 0.05) is 18.4 Å². The molecule has 0 radical (unpaired) electrons. The van der Waals surface area contributed by atoms with Crippen LogP contribution in [0.25, 0.3) is 0 Å². The Kier molecular flexibility index (Phi) is 3.63. The fraction of sp³-hybridized carbons (Fsp3) is 0.800. The van der Waals surface area contributed by atoms with Crippen LogP contribution in [0.4, 0.5) is 0 Å². The Balaban J connectivity index is 2.44. The van der Waals surface area contributed by atoms with Crippen LogP contribution in [0.5, 0.6) is 0 Å². The Morgan fingerprint density at radius 2 is 2.21 bits per heavy atom. The molecule has 0 saturated carbocycles. The summed E-state index contributed by atoms with van der Waals surface area (Å²) in [5.74, 6) is -1.08. The van der Waals surface area contributed by atoms with Crippen LogP contribution in [-0.4, -0.2) is 41.9 Å². The summed E-state index contributed by atoms with van der Waals surface area (Å²) in [4.78, 5) is 24.3. The predicted octanol–water partition coefficient (Wildman–Crippen LogP) is 0.618. The lowest BCUT2D eigenvalue weighted by molar-refractivity contribution is -0.141. The van der Waals surface area contributed by atoms with Gasteiger partial charge in [-0.2, -0.15) is 0 Å². The topological polar surface area (TPSA) is 57.6 Å². The first kappa shape index (κ1) is 11.2. The summed E-state index contributed by atoms with van der Waals surface area (Å²) in [6, 6.07) is 0. The summed E-state index contributed by atoms with van der Waals surface area (Å²) in [5.41, 5.74) is 0. The summed E-state index contributed by atoms with van der Waals surface area (Å²) < 4.78 is 0. The maximum atomic E-state index is 11.7. The number of carbonyl (C=O) groups is 2. The van der Waals surface area contributed by atoms with Gasteiger partial charge in [-0.25, -0.2) is 0 Å². The average Bonchev–Trinajstić information content (AvgIpc) is 2.49. The Morgan fingerprint density at radius 1 is 1.57 bits per heavy atom. The Morgan fingerprint density at radius 3 is 2.64 bits per heavy atom. The molecule has 1 saturated heterocycles. The van der Waals surface area contributed by atoms with Crippen LogP contribution in [0.3, 0.4) is 0 Å². The highest BCUT2D eigenvalue weighted by molar-refractivity contribution is 5.86. The second kappa shape index (κ2) is 4.55. The minimum absolute atomic E-state index is 0.0426. The molecule has 1 aliphatic rings. The van der Waals surface area contributed by atoms with Gasteiger partial charge in [-0.3, -0.25) is 9.59 Å². The molecule has 0 spiro atoms. The molecule has 1 rings (SSSR count). The second-order valence-corrected chi connectivity index (χ2v) is 4.15. The quantitative estimate of drug-likeness (QED) is 0.721. The molecule has 1 fully saturated rings. The number of ketones is 1. The van der Waals surface area contributed by atoms with Gasteiger partial charge >= 0.3 is 5.97 Å². The molecule has 80 valence electrons. The van der Waals surface area contributed by atoms with Crippen molar-refractivity contribution < 1.29 is 14.7 Å². The zero-order valence-corrected chi connectivity index (χ0v) is 8.69. The number of hydrogen-bond donors (Lipinski definition) is 1. The maximum absolute atomic E-state index is 11.7. The van der Waals surface area contributed by atoms with Crippen LogP contribution in [0.15, 0.2) is 0 Å². The highest BCUT2D eigenvalue weighted by Crippen LogP contribution is 2.20. The Hall–Kier alpha value is -0.900. The van der Waals surface area contributed by atoms with Crippen LogP contribution in [0, 0.1) is 11.8 Å². The lowest BCUT2D eigenvalue weighted by Gasteiger charge is -2.13. The van der Waals surface area contributed by atoms with Gasteiger partial charge in [0.15, 0.2) is 0 Å². The van der Waals surface area contributed by atoms with E-state index in [4.69, 9.17) is 5.11 Å². The molecule has 0 bridgehead atoms. The number of nitrogens with zero attached hydrogens (tertiary/aromatic N) is 1. The molecule has 1 heterocycles. The SMILES string of the molecule is CC(CC(=O)O)C(=O)C1CCN(C)C1. The van der Waals surface area contributed by atoms with Crippen molar-refractivity contribution in [2.24, 2.45) is 11.8 Å². The van der Waals surface area contributed by atoms with E-state index in [-0.39, 0.29) is 24.0 Å². The summed E-state index contributed by atoms with van der Waals surface area (Å²) in [6.45, 7) is 3.42. The van der Waals surface area contributed by atoms with E-state index in [9.17, 15) is 9.59 Å². The number of aliphatic carboxylic acids is 1. The third kappa shape index (κ3) is 2.80. The highest BCUT2D eigenvalue weighted by Gasteiger charge is 2.29. The van der Waals surface area contributed by atoms with E-state index in [0.29, 0.717) is 0 Å². The van der Waals surface area contributed by atoms with Crippen LogP contribution in [-0.2, 0) is 9.59 Å². The highest BCUT2D eigenvalue weighted by atomic mass is 16.4. The first-order valence-electron chi connectivity index (χ1n) is 4.94. The smallest absolute Gasteiger partial charge is 0.304 e. The molecule has 14 heavy (non-hydrogen) atoms. The maximum Gasteiger partial charge on any atom is 0.304 e. The molecule has 0 amide bonds. The van der Waals surface area contributed by atoms with E-state index in [1.165, 1.54) is 0 Å². The van der Waals surface area contributed by atoms with Crippen molar-refractivity contribution in [1.29, 1.82) is 0 Å². The minimum atomic E-state index is -0.891. The third-order valence-electron chi connectivity index (χ3n) is 2.76. The van der Waals surface area contributed by atoms with E-state index < -0.39 is 5.97 Å². The van der Waals surface area contributed by atoms with Gasteiger partial charge in [0.05, 0.1) is 6.42 Å². The molecule has 0 aliphatic carbocycles. The van der Waals surface area contributed by atoms with Crippen molar-refractivity contribution in [3.05, 3.63) is 0 Å². The van der Waals surface area contributed by atoms with Crippen LogP contribution >= 0.6 is 0 Å². The number of carbonyl (C=O) groups excluding carboxylic acids is 1. The van der Waals surface area contributed by atoms with Crippen LogP contribution in [0.2, 0.25) is 0 Å². The normalized spacial score (nSPS) is 24.9. The minimum Gasteiger partial charge on any atom is -0.481 e. The molecule has 1 N–H and O–H groups in total. The zero-order chi connectivity index (χ0) is 10.7. The molecule has 4 nitrogen and oxygen atoms in total. The fourth-order valence-corrected chi connectivity index (χ4v) is 1.93. The third-order valence-corrected chi connectivity index (χ3v) is 2.76. The molecule has 4 heteroatoms. The number of carboxylic acid groups (broad SMARTS) is 1. The molecule has 0 aromatic heterocycles. The Labute approximate surface area is 83.9 Å². The number of likely N-dealkylation sites (tertiary alicyclic amines) is 1. The molecule has 0 aromatic rings. The van der Waals surface area contributed by atoms with Gasteiger partial charge in [-0.05, 0) is 20.0 Å². The van der Waals surface area contributed by atoms with E-state index >= 15 is 0 Å². The van der Waals surface area contributed by atoms with Crippen molar-refractivity contribution in [2.75, 3.05) is 20.1 Å². The van der Waals surface area contributed by atoms with Gasteiger partial charge < -0.3 is 10.0 Å². The molecular formula is C10H17NO3. The first-order valence-corrected chi connectivity index (χ1v) is 4.94. The van der Waals surface area contributed by atoms with E-state index in [1.807, 2.05) is 7.05 Å². The summed E-state index contributed by atoms with van der Waals surface area (Å²) in [6.07, 6.45) is 0.832. The monoisotopic (exact) mass is 199 g/mol. The Bertz CT molecular complexity index is 240. The molecule has 2 unspecified atom stereocenters. The molecule has 1 aliphatic heterocycles. The van der Waals surface area contributed by atoms with Gasteiger partial charge in [-0.1, -0.05) is 6.92 Å². The summed E-state index contributed by atoms with van der Waals surface area (Å²) >= 11 is 0. The number of Topliss-reactive ketones (excluding diaryl/α,β-unsaturated/α-hetero) is 1. The number of carboxylic acids is 1. The van der Waals surface area contributed by atoms with E-state index in [1.54, 1.807) is 6.92 Å². The summed E-state index contributed by atoms with van der Waals surface area (Å²) in [5, 5.41) is 8.56. The van der Waals surface area contributed by atoms with Crippen molar-refractivity contribution in [3.63, 3.8) is 0 Å². The van der Waals surface area contributed by atoms with Crippen molar-refractivity contribution in [2.45, 2.75) is 19.8 Å². The van der Waals surface area contributed by atoms with Gasteiger partial charge in [-0.15, -0.1) is 0 Å². The molecule has 0 aromatic carbocycles. The van der Waals surface area contributed by atoms with Crippen molar-refractivity contribution in [3.8, 4) is 0 Å². The van der Waals surface area contributed by atoms with Gasteiger partial charge in [0.1, 0.15) is 5.78 Å². The van der Waals surface area contributed by atoms with Gasteiger partial charge in [0.25, 0.3) is 0 Å². The summed E-state index contributed by atoms with van der Waals surface area (Å²) in [7, 11) is 1.98. The molecular weight excluding hydrogens is 182 g/mol. The largest absolute Gasteiger partial charge is 0.481 e. The predicted molar refractivity (Wildman–Crippen MR) is 52.0 cm³/mol.